The van der Waals surface area contributed by atoms with Gasteiger partial charge >= 0.3 is 0 Å². The summed E-state index contributed by atoms with van der Waals surface area (Å²) in [5.74, 6) is -1.19. The van der Waals surface area contributed by atoms with Gasteiger partial charge in [-0.05, 0) is 43.2 Å². The summed E-state index contributed by atoms with van der Waals surface area (Å²) in [5.41, 5.74) is 0.921. The minimum atomic E-state index is -3.85. The van der Waals surface area contributed by atoms with E-state index < -0.39 is 15.9 Å². The van der Waals surface area contributed by atoms with Gasteiger partial charge in [0.05, 0.1) is 11.6 Å². The first-order valence-electron chi connectivity index (χ1n) is 8.51. The van der Waals surface area contributed by atoms with Crippen molar-refractivity contribution < 1.29 is 22.4 Å². The molecule has 0 aromatic heterocycles. The van der Waals surface area contributed by atoms with E-state index in [1.54, 1.807) is 31.2 Å². The molecule has 1 N–H and O–H groups in total. The van der Waals surface area contributed by atoms with Crippen LogP contribution in [0.1, 0.15) is 41.7 Å². The van der Waals surface area contributed by atoms with Crippen molar-refractivity contribution >= 4 is 21.8 Å². The Hall–Kier alpha value is -2.74. The molecular formula is C19H19FN2O4S. The second-order valence-electron chi connectivity index (χ2n) is 6.32. The van der Waals surface area contributed by atoms with Crippen LogP contribution < -0.4 is 5.32 Å². The zero-order valence-corrected chi connectivity index (χ0v) is 15.5. The number of carbonyl (C=O) groups is 2. The van der Waals surface area contributed by atoms with Crippen LogP contribution in [0.15, 0.2) is 53.4 Å². The Kier molecular flexibility index (Phi) is 5.27. The fourth-order valence-corrected chi connectivity index (χ4v) is 4.59. The van der Waals surface area contributed by atoms with E-state index in [0.29, 0.717) is 0 Å². The standard InChI is InChI=1S/C19H19FN2O4S/c1-13(14-8-10-15(20)11-9-14)21-18(23)7-4-12-22-19(24)16-5-2-3-6-17(16)27(22,25)26/h2-3,5-6,8-11,13H,4,7,12H2,1H3,(H,21,23)/t13-/m0/s1. The van der Waals surface area contributed by atoms with E-state index in [2.05, 4.69) is 5.32 Å². The molecule has 0 unspecified atom stereocenters. The Morgan fingerprint density at radius 1 is 1.15 bits per heavy atom. The summed E-state index contributed by atoms with van der Waals surface area (Å²) >= 11 is 0. The third-order valence-electron chi connectivity index (χ3n) is 4.42. The van der Waals surface area contributed by atoms with Crippen molar-refractivity contribution in [2.75, 3.05) is 6.54 Å². The highest BCUT2D eigenvalue weighted by molar-refractivity contribution is 7.90. The van der Waals surface area contributed by atoms with Crippen LogP contribution in [0.25, 0.3) is 0 Å². The molecule has 0 aliphatic carbocycles. The smallest absolute Gasteiger partial charge is 0.269 e. The topological polar surface area (TPSA) is 83.6 Å². The molecule has 2 amide bonds. The molecule has 8 heteroatoms. The van der Waals surface area contributed by atoms with Gasteiger partial charge in [0.15, 0.2) is 0 Å². The Bertz CT molecular complexity index is 973. The summed E-state index contributed by atoms with van der Waals surface area (Å²) in [7, 11) is -3.85. The molecule has 0 spiro atoms. The van der Waals surface area contributed by atoms with Crippen LogP contribution >= 0.6 is 0 Å². The van der Waals surface area contributed by atoms with E-state index in [4.69, 9.17) is 0 Å². The first kappa shape index (κ1) is 19.0. The van der Waals surface area contributed by atoms with Crippen LogP contribution in [0.4, 0.5) is 4.39 Å². The molecule has 3 rings (SSSR count). The average Bonchev–Trinajstić information content (AvgIpc) is 2.83. The van der Waals surface area contributed by atoms with E-state index in [-0.39, 0.29) is 47.6 Å². The summed E-state index contributed by atoms with van der Waals surface area (Å²) in [4.78, 5) is 24.4. The molecule has 0 saturated carbocycles. The largest absolute Gasteiger partial charge is 0.350 e. The number of rotatable bonds is 6. The molecule has 1 aliphatic heterocycles. The van der Waals surface area contributed by atoms with Gasteiger partial charge in [0, 0.05) is 13.0 Å². The SMILES string of the molecule is C[C@H](NC(=O)CCCN1C(=O)c2ccccc2S1(=O)=O)c1ccc(F)cc1. The molecule has 142 valence electrons. The van der Waals surface area contributed by atoms with Gasteiger partial charge in [-0.3, -0.25) is 9.59 Å². The lowest BCUT2D eigenvalue weighted by molar-refractivity contribution is -0.121. The molecule has 27 heavy (non-hydrogen) atoms. The average molecular weight is 390 g/mol. The number of hydrogen-bond donors (Lipinski definition) is 1. The number of benzene rings is 2. The molecule has 0 saturated heterocycles. The third-order valence-corrected chi connectivity index (χ3v) is 6.27. The summed E-state index contributed by atoms with van der Waals surface area (Å²) in [5, 5.41) is 2.78. The molecule has 1 heterocycles. The van der Waals surface area contributed by atoms with Crippen LogP contribution in [0.3, 0.4) is 0 Å². The predicted molar refractivity (Wildman–Crippen MR) is 96.9 cm³/mol. The van der Waals surface area contributed by atoms with E-state index in [1.807, 2.05) is 0 Å². The Morgan fingerprint density at radius 3 is 2.48 bits per heavy atom. The van der Waals surface area contributed by atoms with E-state index in [9.17, 15) is 22.4 Å². The number of sulfonamides is 1. The minimum absolute atomic E-state index is 0.00406. The van der Waals surface area contributed by atoms with Crippen LogP contribution in [0, 0.1) is 5.82 Å². The highest BCUT2D eigenvalue weighted by Gasteiger charge is 2.40. The zero-order valence-electron chi connectivity index (χ0n) is 14.7. The lowest BCUT2D eigenvalue weighted by Crippen LogP contribution is -2.32. The molecule has 6 nitrogen and oxygen atoms in total. The molecule has 0 radical (unpaired) electrons. The fourth-order valence-electron chi connectivity index (χ4n) is 2.98. The van der Waals surface area contributed by atoms with Gasteiger partial charge in [-0.15, -0.1) is 0 Å². The molecule has 2 aromatic carbocycles. The number of halogens is 1. The van der Waals surface area contributed by atoms with Gasteiger partial charge in [-0.2, -0.15) is 0 Å². The quantitative estimate of drug-likeness (QED) is 0.822. The summed E-state index contributed by atoms with van der Waals surface area (Å²) < 4.78 is 38.6. The molecule has 1 aliphatic rings. The Labute approximate surface area is 157 Å². The van der Waals surface area contributed by atoms with Crippen LogP contribution in [0.5, 0.6) is 0 Å². The first-order valence-corrected chi connectivity index (χ1v) is 9.95. The highest BCUT2D eigenvalue weighted by atomic mass is 32.2. The number of hydrogen-bond acceptors (Lipinski definition) is 4. The maximum Gasteiger partial charge on any atom is 0.269 e. The summed E-state index contributed by atoms with van der Waals surface area (Å²) in [6.45, 7) is 1.71. The van der Waals surface area contributed by atoms with Gasteiger partial charge in [-0.1, -0.05) is 24.3 Å². The highest BCUT2D eigenvalue weighted by Crippen LogP contribution is 2.30. The van der Waals surface area contributed by atoms with E-state index in [1.165, 1.54) is 24.3 Å². The van der Waals surface area contributed by atoms with Crippen molar-refractivity contribution in [2.24, 2.45) is 0 Å². The summed E-state index contributed by atoms with van der Waals surface area (Å²) in [6.07, 6.45) is 0.280. The van der Waals surface area contributed by atoms with Crippen LogP contribution in [0.2, 0.25) is 0 Å². The van der Waals surface area contributed by atoms with Crippen molar-refractivity contribution in [1.82, 2.24) is 9.62 Å². The van der Waals surface area contributed by atoms with Crippen molar-refractivity contribution in [1.29, 1.82) is 0 Å². The van der Waals surface area contributed by atoms with Crippen LogP contribution in [-0.4, -0.2) is 31.1 Å². The summed E-state index contributed by atoms with van der Waals surface area (Å²) in [6, 6.07) is 11.6. The minimum Gasteiger partial charge on any atom is -0.350 e. The van der Waals surface area contributed by atoms with Crippen LogP contribution in [-0.2, 0) is 14.8 Å². The zero-order chi connectivity index (χ0) is 19.6. The maximum atomic E-state index is 13.0. The molecule has 0 bridgehead atoms. The molecular weight excluding hydrogens is 371 g/mol. The predicted octanol–water partition coefficient (Wildman–Crippen LogP) is 2.63. The first-order chi connectivity index (χ1) is 12.8. The fraction of sp³-hybridized carbons (Fsp3) is 0.263. The lowest BCUT2D eigenvalue weighted by Gasteiger charge is -2.16. The van der Waals surface area contributed by atoms with Crippen molar-refractivity contribution in [3.05, 3.63) is 65.5 Å². The molecule has 2 aromatic rings. The number of fused-ring (bicyclic) bond motifs is 1. The number of nitrogens with zero attached hydrogens (tertiary/aromatic N) is 1. The van der Waals surface area contributed by atoms with E-state index in [0.717, 1.165) is 9.87 Å². The lowest BCUT2D eigenvalue weighted by atomic mass is 10.1. The molecule has 0 fully saturated rings. The second-order valence-corrected chi connectivity index (χ2v) is 8.15. The van der Waals surface area contributed by atoms with Gasteiger partial charge in [0.25, 0.3) is 15.9 Å². The number of amides is 2. The van der Waals surface area contributed by atoms with Gasteiger partial charge < -0.3 is 5.32 Å². The normalized spacial score (nSPS) is 16.1. The van der Waals surface area contributed by atoms with E-state index >= 15 is 0 Å². The number of carbonyl (C=O) groups excluding carboxylic acids is 2. The molecule has 1 atom stereocenters. The van der Waals surface area contributed by atoms with Crippen molar-refractivity contribution in [3.63, 3.8) is 0 Å². The third kappa shape index (κ3) is 3.85. The monoisotopic (exact) mass is 390 g/mol. The van der Waals surface area contributed by atoms with Crippen molar-refractivity contribution in [2.45, 2.75) is 30.7 Å². The number of nitrogens with one attached hydrogen (secondary N) is 1. The second kappa shape index (κ2) is 7.48. The van der Waals surface area contributed by atoms with Gasteiger partial charge in [0.1, 0.15) is 10.7 Å². The Morgan fingerprint density at radius 2 is 1.81 bits per heavy atom. The Balaban J connectivity index is 1.55. The maximum absolute atomic E-state index is 13.0. The van der Waals surface area contributed by atoms with Crippen molar-refractivity contribution in [3.8, 4) is 0 Å². The van der Waals surface area contributed by atoms with Gasteiger partial charge in [0.2, 0.25) is 5.91 Å². The van der Waals surface area contributed by atoms with Gasteiger partial charge in [-0.25, -0.2) is 17.1 Å².